The number of nitrogens with one attached hydrogen (secondary N) is 1. The Hall–Kier alpha value is -2.88. The second-order valence-electron chi connectivity index (χ2n) is 8.44. The van der Waals surface area contributed by atoms with Gasteiger partial charge in [-0.3, -0.25) is 14.6 Å². The average molecular weight is 458 g/mol. The number of carbonyl (C=O) groups excluding carboxylic acids is 2. The number of nitrogens with zero attached hydrogens (tertiary/aromatic N) is 2. The lowest BCUT2D eigenvalue weighted by Crippen LogP contribution is -2.57. The quantitative estimate of drug-likeness (QED) is 0.709. The summed E-state index contributed by atoms with van der Waals surface area (Å²) < 4.78 is 25.1. The van der Waals surface area contributed by atoms with E-state index in [1.54, 1.807) is 41.6 Å². The number of aliphatic hydroxyl groups is 1. The van der Waals surface area contributed by atoms with Gasteiger partial charge >= 0.3 is 0 Å². The van der Waals surface area contributed by atoms with Gasteiger partial charge in [-0.2, -0.15) is 0 Å². The predicted octanol–water partition coefficient (Wildman–Crippen LogP) is 1.68. The van der Waals surface area contributed by atoms with Crippen LogP contribution in [0.2, 0.25) is 0 Å². The standard InChI is InChI=1S/C24H28FN3O5/c25-18-3-1-2-16(10-18)12-27-23(30)11-20-4-5-21-22(33-20)15-32-14-19(29)13-28(21)24(31)17-6-8-26-9-7-17/h1-3,6-10,19-22,29H,4-5,11-15H2,(H,27,30)/t19-,20-,21+,22-/m0/s1. The molecule has 0 aliphatic carbocycles. The van der Waals surface area contributed by atoms with Gasteiger partial charge in [0.2, 0.25) is 5.91 Å². The summed E-state index contributed by atoms with van der Waals surface area (Å²) in [6, 6.07) is 9.12. The molecule has 2 fully saturated rings. The van der Waals surface area contributed by atoms with Crippen molar-refractivity contribution in [2.45, 2.75) is 50.2 Å². The summed E-state index contributed by atoms with van der Waals surface area (Å²) in [7, 11) is 0. The van der Waals surface area contributed by atoms with E-state index in [9.17, 15) is 19.1 Å². The van der Waals surface area contributed by atoms with Gasteiger partial charge in [-0.1, -0.05) is 12.1 Å². The molecule has 0 radical (unpaired) electrons. The lowest BCUT2D eigenvalue weighted by Gasteiger charge is -2.44. The van der Waals surface area contributed by atoms with Crippen molar-refractivity contribution in [1.82, 2.24) is 15.2 Å². The molecule has 2 saturated heterocycles. The Balaban J connectivity index is 1.37. The van der Waals surface area contributed by atoms with Crippen LogP contribution in [0.1, 0.15) is 35.2 Å². The molecular formula is C24H28FN3O5. The van der Waals surface area contributed by atoms with Gasteiger partial charge in [0.1, 0.15) is 11.9 Å². The van der Waals surface area contributed by atoms with E-state index in [2.05, 4.69) is 10.3 Å². The predicted molar refractivity (Wildman–Crippen MR) is 117 cm³/mol. The third-order valence-corrected chi connectivity index (χ3v) is 5.96. The van der Waals surface area contributed by atoms with Crippen molar-refractivity contribution in [3.05, 3.63) is 65.7 Å². The van der Waals surface area contributed by atoms with Crippen LogP contribution in [0.3, 0.4) is 0 Å². The zero-order valence-electron chi connectivity index (χ0n) is 18.2. The number of hydrogen-bond donors (Lipinski definition) is 2. The Morgan fingerprint density at radius 3 is 2.79 bits per heavy atom. The first-order valence-electron chi connectivity index (χ1n) is 11.1. The molecule has 0 saturated carbocycles. The molecule has 3 heterocycles. The molecule has 9 heteroatoms. The number of amides is 2. The van der Waals surface area contributed by atoms with Crippen LogP contribution in [0.5, 0.6) is 0 Å². The molecule has 4 atom stereocenters. The van der Waals surface area contributed by atoms with Crippen molar-refractivity contribution in [1.29, 1.82) is 0 Å². The van der Waals surface area contributed by atoms with Gasteiger partial charge in [0, 0.05) is 31.0 Å². The third-order valence-electron chi connectivity index (χ3n) is 5.96. The maximum absolute atomic E-state index is 13.3. The fourth-order valence-corrected chi connectivity index (χ4v) is 4.36. The van der Waals surface area contributed by atoms with Gasteiger partial charge < -0.3 is 24.8 Å². The first kappa shape index (κ1) is 23.3. The number of benzene rings is 1. The number of hydrogen-bond acceptors (Lipinski definition) is 6. The molecule has 33 heavy (non-hydrogen) atoms. The molecular weight excluding hydrogens is 429 g/mol. The lowest BCUT2D eigenvalue weighted by molar-refractivity contribution is -0.151. The Labute approximate surface area is 191 Å². The highest BCUT2D eigenvalue weighted by atomic mass is 19.1. The van der Waals surface area contributed by atoms with Gasteiger partial charge in [0.25, 0.3) is 5.91 Å². The summed E-state index contributed by atoms with van der Waals surface area (Å²) in [5.74, 6) is -0.721. The Morgan fingerprint density at radius 2 is 2.00 bits per heavy atom. The summed E-state index contributed by atoms with van der Waals surface area (Å²) in [4.78, 5) is 31.2. The Morgan fingerprint density at radius 1 is 1.18 bits per heavy atom. The van der Waals surface area contributed by atoms with Gasteiger partial charge in [0.15, 0.2) is 0 Å². The van der Waals surface area contributed by atoms with E-state index in [0.29, 0.717) is 24.0 Å². The number of halogens is 1. The Kier molecular flexibility index (Phi) is 7.64. The van der Waals surface area contributed by atoms with Crippen LogP contribution in [0.15, 0.2) is 48.8 Å². The maximum Gasteiger partial charge on any atom is 0.254 e. The van der Waals surface area contributed by atoms with Crippen LogP contribution < -0.4 is 5.32 Å². The molecule has 2 amide bonds. The first-order chi connectivity index (χ1) is 16.0. The van der Waals surface area contributed by atoms with Crippen molar-refractivity contribution in [3.63, 3.8) is 0 Å². The summed E-state index contributed by atoms with van der Waals surface area (Å²) in [5, 5.41) is 13.1. The molecule has 176 valence electrons. The summed E-state index contributed by atoms with van der Waals surface area (Å²) >= 11 is 0. The topological polar surface area (TPSA) is 101 Å². The van der Waals surface area contributed by atoms with Gasteiger partial charge in [-0.05, 0) is 42.7 Å². The molecule has 0 bridgehead atoms. The number of carbonyl (C=O) groups is 2. The van der Waals surface area contributed by atoms with E-state index >= 15 is 0 Å². The van der Waals surface area contributed by atoms with Crippen molar-refractivity contribution < 1.29 is 28.6 Å². The number of aromatic nitrogens is 1. The number of β-amino-alcohol motifs (C(OH)–C–C–N with tert-alkyl or cyclic N) is 1. The van der Waals surface area contributed by atoms with Crippen LogP contribution >= 0.6 is 0 Å². The monoisotopic (exact) mass is 457 g/mol. The van der Waals surface area contributed by atoms with Gasteiger partial charge in [-0.15, -0.1) is 0 Å². The van der Waals surface area contributed by atoms with Crippen molar-refractivity contribution in [2.75, 3.05) is 19.8 Å². The number of pyridine rings is 1. The zero-order valence-corrected chi connectivity index (χ0v) is 18.2. The molecule has 1 aromatic carbocycles. The molecule has 0 unspecified atom stereocenters. The van der Waals surface area contributed by atoms with Crippen molar-refractivity contribution in [2.24, 2.45) is 0 Å². The van der Waals surface area contributed by atoms with Crippen molar-refractivity contribution >= 4 is 11.8 Å². The largest absolute Gasteiger partial charge is 0.389 e. The summed E-state index contributed by atoms with van der Waals surface area (Å²) in [6.45, 7) is 0.712. The summed E-state index contributed by atoms with van der Waals surface area (Å²) in [6.07, 6.45) is 2.99. The van der Waals surface area contributed by atoms with E-state index in [-0.39, 0.29) is 62.5 Å². The van der Waals surface area contributed by atoms with Crippen LogP contribution in [0, 0.1) is 5.82 Å². The number of rotatable bonds is 5. The van der Waals surface area contributed by atoms with E-state index in [1.165, 1.54) is 12.1 Å². The summed E-state index contributed by atoms with van der Waals surface area (Å²) in [5.41, 5.74) is 1.18. The highest BCUT2D eigenvalue weighted by Gasteiger charge is 2.40. The molecule has 1 aromatic heterocycles. The van der Waals surface area contributed by atoms with E-state index < -0.39 is 12.2 Å². The van der Waals surface area contributed by atoms with Crippen LogP contribution in [0.25, 0.3) is 0 Å². The first-order valence-corrected chi connectivity index (χ1v) is 11.1. The molecule has 2 aliphatic heterocycles. The van der Waals surface area contributed by atoms with Gasteiger partial charge in [-0.25, -0.2) is 4.39 Å². The minimum absolute atomic E-state index is 0.103. The molecule has 0 spiro atoms. The highest BCUT2D eigenvalue weighted by molar-refractivity contribution is 5.94. The van der Waals surface area contributed by atoms with Crippen molar-refractivity contribution in [3.8, 4) is 0 Å². The number of ether oxygens (including phenoxy) is 2. The molecule has 2 aliphatic rings. The fraction of sp³-hybridized carbons (Fsp3) is 0.458. The normalized spacial score (nSPS) is 25.5. The lowest BCUT2D eigenvalue weighted by atomic mass is 9.94. The minimum Gasteiger partial charge on any atom is -0.389 e. The maximum atomic E-state index is 13.3. The third kappa shape index (κ3) is 6.13. The minimum atomic E-state index is -0.789. The molecule has 4 rings (SSSR count). The van der Waals surface area contributed by atoms with E-state index in [0.717, 1.165) is 0 Å². The van der Waals surface area contributed by atoms with Crippen LogP contribution in [-0.2, 0) is 20.8 Å². The second kappa shape index (κ2) is 10.8. The van der Waals surface area contributed by atoms with E-state index in [4.69, 9.17) is 9.47 Å². The average Bonchev–Trinajstić information content (AvgIpc) is 2.81. The van der Waals surface area contributed by atoms with Gasteiger partial charge in [0.05, 0.1) is 37.9 Å². The SMILES string of the molecule is O=C(C[C@@H]1CC[C@@H]2[C@H](COC[C@@H](O)CN2C(=O)c2ccncc2)O1)NCc1cccc(F)c1. The number of fused-ring (bicyclic) bond motifs is 1. The smallest absolute Gasteiger partial charge is 0.254 e. The second-order valence-corrected chi connectivity index (χ2v) is 8.44. The van der Waals surface area contributed by atoms with E-state index in [1.807, 2.05) is 0 Å². The molecule has 8 nitrogen and oxygen atoms in total. The Bertz CT molecular complexity index is 960. The highest BCUT2D eigenvalue weighted by Crippen LogP contribution is 2.28. The number of aliphatic hydroxyl groups excluding tert-OH is 1. The zero-order chi connectivity index (χ0) is 23.2. The van der Waals surface area contributed by atoms with Crippen LogP contribution in [0.4, 0.5) is 4.39 Å². The fourth-order valence-electron chi connectivity index (χ4n) is 4.36. The molecule has 2 N–H and O–H groups in total. The molecule has 2 aromatic rings. The van der Waals surface area contributed by atoms with Crippen LogP contribution in [-0.4, -0.2) is 70.9 Å².